The van der Waals surface area contributed by atoms with Crippen LogP contribution in [0.25, 0.3) is 33.4 Å². The van der Waals surface area contributed by atoms with Crippen LogP contribution in [0, 0.1) is 6.92 Å². The SMILES string of the molecule is COc1nc(-c2cccc(-c3cccc(Nc4nc(C(F)F)nc5c4c(=O)n(C)c(=O)n5C)c3C)c2Cl)cc2c1CCC2.O=C1NCC2(CCNC2)N1. The van der Waals surface area contributed by atoms with Crippen molar-refractivity contribution in [2.75, 3.05) is 32.1 Å². The maximum atomic E-state index is 13.8. The summed E-state index contributed by atoms with van der Waals surface area (Å²) in [7, 11) is 4.29. The highest BCUT2D eigenvalue weighted by molar-refractivity contribution is 6.36. The number of ether oxygens (including phenoxy) is 1. The Hall–Kier alpha value is -5.41. The number of alkyl halides is 2. The molecule has 276 valence electrons. The van der Waals surface area contributed by atoms with Crippen LogP contribution in [0.15, 0.2) is 52.1 Å². The van der Waals surface area contributed by atoms with Gasteiger partial charge < -0.3 is 26.0 Å². The maximum absolute atomic E-state index is 13.8. The highest BCUT2D eigenvalue weighted by atomic mass is 35.5. The van der Waals surface area contributed by atoms with Gasteiger partial charge in [-0.2, -0.15) is 0 Å². The first-order valence-electron chi connectivity index (χ1n) is 17.2. The molecule has 1 spiro atoms. The fraction of sp³-hybridized carbons (Fsp3) is 0.351. The Morgan fingerprint density at radius 1 is 0.981 bits per heavy atom. The van der Waals surface area contributed by atoms with Crippen molar-refractivity contribution in [2.45, 2.75) is 44.6 Å². The smallest absolute Gasteiger partial charge is 0.332 e. The van der Waals surface area contributed by atoms with Gasteiger partial charge in [0.05, 0.1) is 23.4 Å². The quantitative estimate of drug-likeness (QED) is 0.189. The van der Waals surface area contributed by atoms with E-state index in [1.54, 1.807) is 19.2 Å². The van der Waals surface area contributed by atoms with Gasteiger partial charge >= 0.3 is 11.7 Å². The van der Waals surface area contributed by atoms with Gasteiger partial charge in [0.1, 0.15) is 11.2 Å². The summed E-state index contributed by atoms with van der Waals surface area (Å²) in [6, 6.07) is 13.2. The Balaban J connectivity index is 0.000000373. The molecule has 13 nitrogen and oxygen atoms in total. The molecule has 5 heterocycles. The summed E-state index contributed by atoms with van der Waals surface area (Å²) in [5.74, 6) is -0.330. The van der Waals surface area contributed by atoms with Gasteiger partial charge in [-0.15, -0.1) is 0 Å². The largest absolute Gasteiger partial charge is 0.481 e. The number of benzene rings is 2. The van der Waals surface area contributed by atoms with E-state index in [0.717, 1.165) is 82.3 Å². The molecule has 3 aromatic heterocycles. The Morgan fingerprint density at radius 2 is 1.74 bits per heavy atom. The maximum Gasteiger partial charge on any atom is 0.332 e. The molecule has 2 aliphatic heterocycles. The lowest BCUT2D eigenvalue weighted by Crippen LogP contribution is -2.45. The molecule has 1 aliphatic carbocycles. The van der Waals surface area contributed by atoms with Crippen molar-refractivity contribution in [3.63, 3.8) is 0 Å². The van der Waals surface area contributed by atoms with Gasteiger partial charge in [0.25, 0.3) is 12.0 Å². The number of hydrogen-bond acceptors (Lipinski definition) is 9. The van der Waals surface area contributed by atoms with Crippen LogP contribution in [0.3, 0.4) is 0 Å². The van der Waals surface area contributed by atoms with E-state index >= 15 is 0 Å². The molecule has 2 fully saturated rings. The summed E-state index contributed by atoms with van der Waals surface area (Å²) in [5.41, 5.74) is 5.00. The molecule has 53 heavy (non-hydrogen) atoms. The highest BCUT2D eigenvalue weighted by Gasteiger charge is 2.39. The van der Waals surface area contributed by atoms with Crippen LogP contribution >= 0.6 is 11.6 Å². The summed E-state index contributed by atoms with van der Waals surface area (Å²) >= 11 is 7.03. The third kappa shape index (κ3) is 6.59. The van der Waals surface area contributed by atoms with Crippen LogP contribution in [0.5, 0.6) is 5.88 Å². The van der Waals surface area contributed by atoms with Crippen molar-refractivity contribution in [1.29, 1.82) is 0 Å². The third-order valence-electron chi connectivity index (χ3n) is 10.1. The van der Waals surface area contributed by atoms with E-state index in [1.165, 1.54) is 19.7 Å². The first-order chi connectivity index (χ1) is 25.4. The minimum atomic E-state index is -3.02. The zero-order chi connectivity index (χ0) is 37.6. The molecule has 1 unspecified atom stereocenters. The number of halogens is 3. The van der Waals surface area contributed by atoms with Gasteiger partial charge in [0, 0.05) is 49.6 Å². The Morgan fingerprint density at radius 3 is 2.43 bits per heavy atom. The number of pyridine rings is 1. The highest BCUT2D eigenvalue weighted by Crippen LogP contribution is 2.41. The van der Waals surface area contributed by atoms with Gasteiger partial charge in [-0.1, -0.05) is 41.9 Å². The molecule has 0 bridgehead atoms. The molecule has 16 heteroatoms. The Bertz CT molecular complexity index is 2390. The molecule has 0 saturated carbocycles. The van der Waals surface area contributed by atoms with Gasteiger partial charge in [0.2, 0.25) is 5.88 Å². The van der Waals surface area contributed by atoms with E-state index in [2.05, 4.69) is 37.3 Å². The number of aromatic nitrogens is 5. The third-order valence-corrected chi connectivity index (χ3v) is 10.5. The number of carbonyl (C=O) groups is 1. The average Bonchev–Trinajstić information content (AvgIpc) is 3.92. The van der Waals surface area contributed by atoms with Crippen molar-refractivity contribution in [3.8, 4) is 28.3 Å². The van der Waals surface area contributed by atoms with Crippen molar-refractivity contribution >= 4 is 40.2 Å². The van der Waals surface area contributed by atoms with Gasteiger partial charge in [-0.3, -0.25) is 13.9 Å². The first kappa shape index (κ1) is 36.0. The lowest BCUT2D eigenvalue weighted by molar-refractivity contribution is 0.141. The van der Waals surface area contributed by atoms with Crippen LogP contribution in [-0.4, -0.2) is 62.4 Å². The molecule has 5 aromatic rings. The number of urea groups is 1. The van der Waals surface area contributed by atoms with E-state index < -0.39 is 23.5 Å². The van der Waals surface area contributed by atoms with Crippen molar-refractivity contribution in [3.05, 3.63) is 90.8 Å². The van der Waals surface area contributed by atoms with Crippen molar-refractivity contribution in [2.24, 2.45) is 14.1 Å². The van der Waals surface area contributed by atoms with E-state index in [0.29, 0.717) is 22.3 Å². The zero-order valence-electron chi connectivity index (χ0n) is 29.6. The monoisotopic (exact) mass is 745 g/mol. The molecular weight excluding hydrogens is 708 g/mol. The summed E-state index contributed by atoms with van der Waals surface area (Å²) in [6.07, 6.45) is 0.956. The minimum Gasteiger partial charge on any atom is -0.481 e. The van der Waals surface area contributed by atoms with E-state index in [4.69, 9.17) is 21.3 Å². The van der Waals surface area contributed by atoms with E-state index in [9.17, 15) is 23.2 Å². The number of amides is 2. The number of fused-ring (bicyclic) bond motifs is 2. The topological polar surface area (TPSA) is 157 Å². The number of nitrogens with one attached hydrogen (secondary N) is 4. The molecule has 0 radical (unpaired) electrons. The number of methoxy groups -OCH3 is 1. The standard InChI is InChI=1S/C31H27ClF2N6O3.C6H11N3O/c1-15-17(19-11-6-12-20(24(19)32)22-14-16-8-5-10-18(16)29(36-22)43-4)9-7-13-21(15)35-26-23-28(38-27(37-26)25(33)34)39(2)31(42)40(3)30(23)41;10-5-8-4-6(9-5)1-2-7-3-6/h6-7,9,11-14,25H,5,8,10H2,1-4H3,(H,35,37,38);7H,1-4H2,(H2,8,9,10). The molecule has 1 atom stereocenters. The van der Waals surface area contributed by atoms with Crippen LogP contribution in [-0.2, 0) is 26.9 Å². The number of aryl methyl sites for hydroxylation is 2. The number of hydrogen-bond donors (Lipinski definition) is 4. The van der Waals surface area contributed by atoms with Gasteiger partial charge in [0.15, 0.2) is 11.5 Å². The van der Waals surface area contributed by atoms with Crippen LogP contribution in [0.4, 0.5) is 25.1 Å². The lowest BCUT2D eigenvalue weighted by atomic mass is 9.96. The molecule has 3 aliphatic rings. The molecule has 2 aromatic carbocycles. The minimum absolute atomic E-state index is 0.0244. The van der Waals surface area contributed by atoms with Crippen LogP contribution in [0.2, 0.25) is 5.02 Å². The molecule has 4 N–H and O–H groups in total. The lowest BCUT2D eigenvalue weighted by Gasteiger charge is -2.18. The van der Waals surface area contributed by atoms with Crippen LogP contribution < -0.4 is 37.3 Å². The second kappa shape index (κ2) is 14.2. The second-order valence-electron chi connectivity index (χ2n) is 13.4. The number of anilines is 2. The van der Waals surface area contributed by atoms with Crippen LogP contribution in [0.1, 0.15) is 41.8 Å². The van der Waals surface area contributed by atoms with E-state index in [1.807, 2.05) is 31.2 Å². The molecular formula is C37H38ClF2N9O4. The second-order valence-corrected chi connectivity index (χ2v) is 13.8. The van der Waals surface area contributed by atoms with Crippen molar-refractivity contribution < 1.29 is 18.3 Å². The predicted molar refractivity (Wildman–Crippen MR) is 198 cm³/mol. The molecule has 8 rings (SSSR count). The zero-order valence-corrected chi connectivity index (χ0v) is 30.3. The van der Waals surface area contributed by atoms with Crippen molar-refractivity contribution in [1.82, 2.24) is 40.0 Å². The number of carbonyl (C=O) groups excluding carboxylic acids is 1. The average molecular weight is 746 g/mol. The fourth-order valence-electron chi connectivity index (χ4n) is 7.22. The summed E-state index contributed by atoms with van der Waals surface area (Å²) in [5, 5.41) is 12.4. The summed E-state index contributed by atoms with van der Waals surface area (Å²) in [4.78, 5) is 48.9. The first-order valence-corrected chi connectivity index (χ1v) is 17.5. The molecule has 2 saturated heterocycles. The Kier molecular flexibility index (Phi) is 9.63. The Labute approximate surface area is 307 Å². The number of rotatable bonds is 6. The van der Waals surface area contributed by atoms with Gasteiger partial charge in [-0.05, 0) is 68.0 Å². The molecule has 2 amide bonds. The normalized spacial score (nSPS) is 17.5. The van der Waals surface area contributed by atoms with Gasteiger partial charge in [-0.25, -0.2) is 33.3 Å². The number of nitrogens with zero attached hydrogens (tertiary/aromatic N) is 5. The summed E-state index contributed by atoms with van der Waals surface area (Å²) in [6.45, 7) is 4.55. The fourth-order valence-corrected chi connectivity index (χ4v) is 7.55. The summed E-state index contributed by atoms with van der Waals surface area (Å²) < 4.78 is 35.1. The predicted octanol–water partition coefficient (Wildman–Crippen LogP) is 4.93. The van der Waals surface area contributed by atoms with E-state index in [-0.39, 0.29) is 28.4 Å².